The van der Waals surface area contributed by atoms with E-state index in [2.05, 4.69) is 0 Å². The highest BCUT2D eigenvalue weighted by Gasteiger charge is 2.37. The fourth-order valence-corrected chi connectivity index (χ4v) is 1.88. The largest absolute Gasteiger partial charge is 0.481 e. The van der Waals surface area contributed by atoms with Crippen LogP contribution in [0, 0.1) is 11.3 Å². The van der Waals surface area contributed by atoms with Crippen molar-refractivity contribution in [3.8, 4) is 6.07 Å². The highest BCUT2D eigenvalue weighted by atomic mass is 35.5. The van der Waals surface area contributed by atoms with Crippen LogP contribution in [0.5, 0.6) is 0 Å². The van der Waals surface area contributed by atoms with Crippen molar-refractivity contribution < 1.29 is 23.1 Å². The van der Waals surface area contributed by atoms with Crippen LogP contribution in [0.15, 0.2) is 12.1 Å². The van der Waals surface area contributed by atoms with Crippen molar-refractivity contribution in [1.29, 1.82) is 5.26 Å². The normalized spacial score (nSPS) is 11.1. The highest BCUT2D eigenvalue weighted by molar-refractivity contribution is 6.17. The van der Waals surface area contributed by atoms with Crippen molar-refractivity contribution in [3.63, 3.8) is 0 Å². The average Bonchev–Trinajstić information content (AvgIpc) is 2.25. The fraction of sp³-hybridized carbons (Fsp3) is 0.273. The van der Waals surface area contributed by atoms with Crippen molar-refractivity contribution in [2.75, 3.05) is 0 Å². The Hall–Kier alpha value is -1.74. The van der Waals surface area contributed by atoms with Gasteiger partial charge in [0.2, 0.25) is 0 Å². The van der Waals surface area contributed by atoms with Gasteiger partial charge in [-0.25, -0.2) is 0 Å². The number of hydrogen-bond acceptors (Lipinski definition) is 2. The molecule has 0 heterocycles. The molecule has 0 aliphatic carbocycles. The summed E-state index contributed by atoms with van der Waals surface area (Å²) >= 11 is 5.43. The molecule has 0 aliphatic heterocycles. The number of hydrogen-bond donors (Lipinski definition) is 1. The molecule has 0 radical (unpaired) electrons. The van der Waals surface area contributed by atoms with E-state index < -0.39 is 35.6 Å². The van der Waals surface area contributed by atoms with Crippen molar-refractivity contribution in [3.05, 3.63) is 34.4 Å². The van der Waals surface area contributed by atoms with Gasteiger partial charge in [-0.2, -0.15) is 18.4 Å². The summed E-state index contributed by atoms with van der Waals surface area (Å²) in [5, 5.41) is 17.3. The van der Waals surface area contributed by atoms with Gasteiger partial charge in [0.05, 0.1) is 23.6 Å². The summed E-state index contributed by atoms with van der Waals surface area (Å²) in [5.74, 6) is -1.89. The van der Waals surface area contributed by atoms with Gasteiger partial charge in [0.1, 0.15) is 0 Å². The first-order valence-electron chi connectivity index (χ1n) is 4.71. The molecule has 0 fully saturated rings. The molecule has 1 N–H and O–H groups in total. The molecule has 0 spiro atoms. The molecule has 0 bridgehead atoms. The van der Waals surface area contributed by atoms with E-state index in [1.807, 2.05) is 0 Å². The lowest BCUT2D eigenvalue weighted by molar-refractivity contribution is -0.140. The molecule has 0 atom stereocenters. The van der Waals surface area contributed by atoms with Crippen LogP contribution in [0.25, 0.3) is 0 Å². The van der Waals surface area contributed by atoms with Gasteiger partial charge < -0.3 is 5.11 Å². The number of carboxylic acids is 1. The van der Waals surface area contributed by atoms with E-state index in [4.69, 9.17) is 22.0 Å². The number of carboxylic acid groups (broad SMARTS) is 1. The van der Waals surface area contributed by atoms with Crippen molar-refractivity contribution in [2.45, 2.75) is 18.5 Å². The lowest BCUT2D eigenvalue weighted by atomic mass is 9.95. The zero-order valence-corrected chi connectivity index (χ0v) is 9.64. The molecule has 1 rings (SSSR count). The second kappa shape index (κ2) is 5.27. The third kappa shape index (κ3) is 2.93. The van der Waals surface area contributed by atoms with Crippen LogP contribution >= 0.6 is 11.6 Å². The first-order valence-corrected chi connectivity index (χ1v) is 5.24. The molecule has 0 aromatic heterocycles. The van der Waals surface area contributed by atoms with E-state index >= 15 is 0 Å². The second-order valence-electron chi connectivity index (χ2n) is 3.44. The first kappa shape index (κ1) is 14.3. The molecule has 7 heteroatoms. The number of carbonyl (C=O) groups is 1. The summed E-state index contributed by atoms with van der Waals surface area (Å²) < 4.78 is 38.7. The molecule has 0 saturated heterocycles. The highest BCUT2D eigenvalue weighted by Crippen LogP contribution is 2.37. The Morgan fingerprint density at radius 2 is 2.06 bits per heavy atom. The molecule has 0 saturated carbocycles. The van der Waals surface area contributed by atoms with E-state index in [1.54, 1.807) is 6.07 Å². The molecule has 18 heavy (non-hydrogen) atoms. The smallest absolute Gasteiger partial charge is 0.417 e. The maximum absolute atomic E-state index is 12.9. The summed E-state index contributed by atoms with van der Waals surface area (Å²) in [6, 6.07) is 3.74. The quantitative estimate of drug-likeness (QED) is 0.864. The minimum atomic E-state index is -4.75. The van der Waals surface area contributed by atoms with E-state index in [1.165, 1.54) is 0 Å². The molecule has 0 aliphatic rings. The van der Waals surface area contributed by atoms with E-state index in [-0.39, 0.29) is 11.1 Å². The van der Waals surface area contributed by atoms with Gasteiger partial charge in [0.25, 0.3) is 0 Å². The van der Waals surface area contributed by atoms with Gasteiger partial charge in [0, 0.05) is 5.88 Å². The number of halogens is 4. The molecule has 1 aromatic carbocycles. The van der Waals surface area contributed by atoms with Crippen LogP contribution < -0.4 is 0 Å². The summed E-state index contributed by atoms with van der Waals surface area (Å²) in [4.78, 5) is 10.5. The van der Waals surface area contributed by atoms with Gasteiger partial charge in [-0.05, 0) is 17.2 Å². The van der Waals surface area contributed by atoms with Gasteiger partial charge in [-0.1, -0.05) is 6.07 Å². The number of benzene rings is 1. The third-order valence-corrected chi connectivity index (χ3v) is 2.55. The summed E-state index contributed by atoms with van der Waals surface area (Å²) in [7, 11) is 0. The molecule has 3 nitrogen and oxygen atoms in total. The van der Waals surface area contributed by atoms with E-state index in [0.29, 0.717) is 0 Å². The molecular weight excluding hydrogens is 271 g/mol. The van der Waals surface area contributed by atoms with Crippen LogP contribution in [-0.2, 0) is 23.3 Å². The predicted molar refractivity (Wildman–Crippen MR) is 57.1 cm³/mol. The standard InChI is InChI=1S/C11H7ClF3NO2/c12-4-8-7(5-16)2-1-6(3-9(17)18)10(8)11(13,14)15/h1-2H,3-4H2,(H,17,18). The average molecular weight is 278 g/mol. The molecule has 1 aromatic rings. The number of rotatable bonds is 3. The van der Waals surface area contributed by atoms with Crippen LogP contribution in [-0.4, -0.2) is 11.1 Å². The summed E-state index contributed by atoms with van der Waals surface area (Å²) in [5.41, 5.74) is -2.11. The summed E-state index contributed by atoms with van der Waals surface area (Å²) in [6.45, 7) is 0. The Balaban J connectivity index is 3.55. The zero-order chi connectivity index (χ0) is 13.9. The molecular formula is C11H7ClF3NO2. The van der Waals surface area contributed by atoms with Crippen molar-refractivity contribution >= 4 is 17.6 Å². The van der Waals surface area contributed by atoms with Crippen LogP contribution in [0.2, 0.25) is 0 Å². The summed E-state index contributed by atoms with van der Waals surface area (Å²) in [6.07, 6.45) is -5.52. The maximum Gasteiger partial charge on any atom is 0.417 e. The minimum absolute atomic E-state index is 0.202. The van der Waals surface area contributed by atoms with Gasteiger partial charge >= 0.3 is 12.1 Å². The van der Waals surface area contributed by atoms with Crippen LogP contribution in [0.3, 0.4) is 0 Å². The topological polar surface area (TPSA) is 61.1 Å². The lowest BCUT2D eigenvalue weighted by Crippen LogP contribution is -2.16. The monoisotopic (exact) mass is 277 g/mol. The lowest BCUT2D eigenvalue weighted by Gasteiger charge is -2.16. The maximum atomic E-state index is 12.9. The van der Waals surface area contributed by atoms with Gasteiger partial charge in [0.15, 0.2) is 0 Å². The zero-order valence-electron chi connectivity index (χ0n) is 8.88. The Bertz CT molecular complexity index is 520. The van der Waals surface area contributed by atoms with Crippen molar-refractivity contribution in [2.24, 2.45) is 0 Å². The Morgan fingerprint density at radius 1 is 1.44 bits per heavy atom. The van der Waals surface area contributed by atoms with E-state index in [0.717, 1.165) is 12.1 Å². The number of nitrogens with zero attached hydrogens (tertiary/aromatic N) is 1. The minimum Gasteiger partial charge on any atom is -0.481 e. The van der Waals surface area contributed by atoms with Crippen LogP contribution in [0.4, 0.5) is 13.2 Å². The van der Waals surface area contributed by atoms with Gasteiger partial charge in [-0.3, -0.25) is 4.79 Å². The second-order valence-corrected chi connectivity index (χ2v) is 3.71. The molecule has 0 amide bonds. The molecule has 96 valence electrons. The van der Waals surface area contributed by atoms with E-state index in [9.17, 15) is 18.0 Å². The Kier molecular flexibility index (Phi) is 4.19. The first-order chi connectivity index (χ1) is 8.31. The van der Waals surface area contributed by atoms with Crippen molar-refractivity contribution in [1.82, 2.24) is 0 Å². The fourth-order valence-electron chi connectivity index (χ4n) is 1.60. The number of nitriles is 1. The number of alkyl halides is 4. The Labute approximate surface area is 105 Å². The van der Waals surface area contributed by atoms with Crippen LogP contribution in [0.1, 0.15) is 22.3 Å². The number of aliphatic carboxylic acids is 1. The SMILES string of the molecule is N#Cc1ccc(CC(=O)O)c(C(F)(F)F)c1CCl. The third-order valence-electron chi connectivity index (χ3n) is 2.28. The predicted octanol–water partition coefficient (Wildman–Crippen LogP) is 2.94. The van der Waals surface area contributed by atoms with Gasteiger partial charge in [-0.15, -0.1) is 11.6 Å². The molecule has 0 unspecified atom stereocenters. The Morgan fingerprint density at radius 3 is 2.44 bits per heavy atom.